The molecule has 0 aromatic heterocycles. The smallest absolute Gasteiger partial charge is 0.220 e. The van der Waals surface area contributed by atoms with Crippen LogP contribution in [0.3, 0.4) is 0 Å². The zero-order valence-electron chi connectivity index (χ0n) is 33.9. The van der Waals surface area contributed by atoms with Crippen LogP contribution in [0.5, 0.6) is 0 Å². The van der Waals surface area contributed by atoms with Gasteiger partial charge in [0.05, 0.1) is 18.8 Å². The third kappa shape index (κ3) is 39.1. The van der Waals surface area contributed by atoms with Crippen molar-refractivity contribution in [1.82, 2.24) is 5.32 Å². The second-order valence-corrected chi connectivity index (χ2v) is 14.7. The molecule has 51 heavy (non-hydrogen) atoms. The zero-order valence-corrected chi connectivity index (χ0v) is 33.9. The van der Waals surface area contributed by atoms with Crippen molar-refractivity contribution in [3.05, 3.63) is 60.8 Å². The van der Waals surface area contributed by atoms with Crippen molar-refractivity contribution in [2.45, 2.75) is 225 Å². The highest BCUT2D eigenvalue weighted by Gasteiger charge is 2.19. The molecule has 4 nitrogen and oxygen atoms in total. The molecule has 296 valence electrons. The molecule has 1 amide bonds. The van der Waals surface area contributed by atoms with E-state index in [0.29, 0.717) is 12.8 Å². The van der Waals surface area contributed by atoms with Crippen LogP contribution >= 0.6 is 0 Å². The second-order valence-electron chi connectivity index (χ2n) is 14.7. The van der Waals surface area contributed by atoms with E-state index in [4.69, 9.17) is 0 Å². The van der Waals surface area contributed by atoms with E-state index in [1.165, 1.54) is 122 Å². The molecule has 2 unspecified atom stereocenters. The Hall–Kier alpha value is -1.91. The van der Waals surface area contributed by atoms with E-state index >= 15 is 0 Å². The maximum atomic E-state index is 12.2. The third-order valence-corrected chi connectivity index (χ3v) is 9.79. The molecule has 0 heterocycles. The fraction of sp³-hybridized carbons (Fsp3) is 0.766. The van der Waals surface area contributed by atoms with Crippen LogP contribution in [-0.2, 0) is 4.79 Å². The van der Waals surface area contributed by atoms with E-state index in [1.54, 1.807) is 0 Å². The lowest BCUT2D eigenvalue weighted by atomic mass is 10.0. The van der Waals surface area contributed by atoms with Crippen molar-refractivity contribution in [2.24, 2.45) is 0 Å². The molecular weight excluding hydrogens is 627 g/mol. The van der Waals surface area contributed by atoms with Crippen molar-refractivity contribution in [3.8, 4) is 0 Å². The van der Waals surface area contributed by atoms with Gasteiger partial charge in [-0.2, -0.15) is 0 Å². The number of carbonyl (C=O) groups is 1. The van der Waals surface area contributed by atoms with Crippen LogP contribution in [0.4, 0.5) is 0 Å². The second kappa shape index (κ2) is 42.5. The number of rotatable bonds is 39. The maximum absolute atomic E-state index is 12.2. The third-order valence-electron chi connectivity index (χ3n) is 9.79. The number of carbonyl (C=O) groups excluding carboxylic acids is 1. The highest BCUT2D eigenvalue weighted by atomic mass is 16.3. The molecule has 0 aliphatic heterocycles. The number of nitrogens with one attached hydrogen (secondary N) is 1. The fourth-order valence-electron chi connectivity index (χ4n) is 6.45. The van der Waals surface area contributed by atoms with Crippen LogP contribution in [0.1, 0.15) is 213 Å². The molecule has 2 atom stereocenters. The standard InChI is InChI=1S/C47H85NO3/c1-3-5-7-9-10-11-12-13-14-15-16-17-18-19-20-21-22-23-24-25-26-27-28-29-30-31-32-33-34-35-36-37-38-39-41-43-47(51)48-45(44-49)46(50)42-40-8-6-4-2/h5,7,10-11,13-14,16-17,19-20,45-46,49-50H,3-4,6,8-9,12,15,18,21-44H2,1-2H3,(H,48,51)/b7-5-,11-10-,14-13-,17-16-,20-19-. The Morgan fingerprint density at radius 3 is 1.27 bits per heavy atom. The average Bonchev–Trinajstić information content (AvgIpc) is 3.13. The molecule has 0 fully saturated rings. The Kier molecular flexibility index (Phi) is 40.9. The molecule has 3 N–H and O–H groups in total. The van der Waals surface area contributed by atoms with Crippen molar-refractivity contribution < 1.29 is 15.0 Å². The number of aliphatic hydroxyl groups excluding tert-OH is 2. The first-order valence-electron chi connectivity index (χ1n) is 22.0. The number of unbranched alkanes of at least 4 members (excludes halogenated alkanes) is 22. The molecule has 0 aromatic rings. The van der Waals surface area contributed by atoms with E-state index in [1.807, 2.05) is 0 Å². The van der Waals surface area contributed by atoms with Crippen LogP contribution < -0.4 is 5.32 Å². The number of hydrogen-bond donors (Lipinski definition) is 3. The highest BCUT2D eigenvalue weighted by Crippen LogP contribution is 2.15. The maximum Gasteiger partial charge on any atom is 0.220 e. The summed E-state index contributed by atoms with van der Waals surface area (Å²) in [6.45, 7) is 4.13. The summed E-state index contributed by atoms with van der Waals surface area (Å²) in [4.78, 5) is 12.2. The summed E-state index contributed by atoms with van der Waals surface area (Å²) in [7, 11) is 0. The van der Waals surface area contributed by atoms with Gasteiger partial charge in [0.25, 0.3) is 0 Å². The van der Waals surface area contributed by atoms with Gasteiger partial charge in [0.2, 0.25) is 5.91 Å². The molecule has 0 saturated carbocycles. The van der Waals surface area contributed by atoms with Gasteiger partial charge in [-0.1, -0.05) is 209 Å². The van der Waals surface area contributed by atoms with E-state index in [0.717, 1.165) is 64.2 Å². The molecule has 0 rings (SSSR count). The minimum Gasteiger partial charge on any atom is -0.394 e. The van der Waals surface area contributed by atoms with Gasteiger partial charge in [-0.15, -0.1) is 0 Å². The fourth-order valence-corrected chi connectivity index (χ4v) is 6.45. The quantitative estimate of drug-likeness (QED) is 0.0439. The van der Waals surface area contributed by atoms with Gasteiger partial charge in [-0.05, 0) is 57.8 Å². The number of allylic oxidation sites excluding steroid dienone is 10. The van der Waals surface area contributed by atoms with Gasteiger partial charge in [-0.3, -0.25) is 4.79 Å². The van der Waals surface area contributed by atoms with Crippen LogP contribution in [-0.4, -0.2) is 34.9 Å². The van der Waals surface area contributed by atoms with Crippen molar-refractivity contribution in [2.75, 3.05) is 6.61 Å². The normalized spacial score (nSPS) is 13.6. The Bertz CT molecular complexity index is 858. The first-order chi connectivity index (χ1) is 25.2. The van der Waals surface area contributed by atoms with Gasteiger partial charge in [0, 0.05) is 6.42 Å². The molecule has 0 radical (unpaired) electrons. The molecule has 0 aliphatic rings. The summed E-state index contributed by atoms with van der Waals surface area (Å²) in [5.41, 5.74) is 0. The molecule has 0 bridgehead atoms. The summed E-state index contributed by atoms with van der Waals surface area (Å²) in [6.07, 6.45) is 59.4. The number of hydrogen-bond acceptors (Lipinski definition) is 3. The molecule has 0 saturated heterocycles. The summed E-state index contributed by atoms with van der Waals surface area (Å²) in [5.74, 6) is -0.0407. The Morgan fingerprint density at radius 1 is 0.490 bits per heavy atom. The minimum atomic E-state index is -0.654. The molecule has 4 heteroatoms. The largest absolute Gasteiger partial charge is 0.394 e. The monoisotopic (exact) mass is 712 g/mol. The summed E-state index contributed by atoms with van der Waals surface area (Å²) >= 11 is 0. The summed E-state index contributed by atoms with van der Waals surface area (Å²) in [6, 6.07) is -0.531. The van der Waals surface area contributed by atoms with E-state index in [9.17, 15) is 15.0 Å². The van der Waals surface area contributed by atoms with Gasteiger partial charge < -0.3 is 15.5 Å². The van der Waals surface area contributed by atoms with E-state index in [2.05, 4.69) is 79.9 Å². The number of aliphatic hydroxyl groups is 2. The first kappa shape index (κ1) is 49.1. The summed E-state index contributed by atoms with van der Waals surface area (Å²) in [5, 5.41) is 22.7. The predicted octanol–water partition coefficient (Wildman–Crippen LogP) is 13.7. The zero-order chi connectivity index (χ0) is 37.1. The average molecular weight is 712 g/mol. The van der Waals surface area contributed by atoms with E-state index in [-0.39, 0.29) is 12.5 Å². The molecule has 0 spiro atoms. The molecule has 0 aromatic carbocycles. The summed E-state index contributed by atoms with van der Waals surface area (Å²) < 4.78 is 0. The lowest BCUT2D eigenvalue weighted by molar-refractivity contribution is -0.123. The van der Waals surface area contributed by atoms with Crippen LogP contribution in [0.15, 0.2) is 60.8 Å². The van der Waals surface area contributed by atoms with Gasteiger partial charge in [0.15, 0.2) is 0 Å². The van der Waals surface area contributed by atoms with Crippen molar-refractivity contribution >= 4 is 5.91 Å². The minimum absolute atomic E-state index is 0.0407. The van der Waals surface area contributed by atoms with Gasteiger partial charge in [0.1, 0.15) is 0 Å². The molecule has 0 aliphatic carbocycles. The van der Waals surface area contributed by atoms with E-state index < -0.39 is 12.1 Å². The lowest BCUT2D eigenvalue weighted by Crippen LogP contribution is -2.45. The van der Waals surface area contributed by atoms with Crippen molar-refractivity contribution in [3.63, 3.8) is 0 Å². The van der Waals surface area contributed by atoms with Crippen LogP contribution in [0, 0.1) is 0 Å². The highest BCUT2D eigenvalue weighted by molar-refractivity contribution is 5.76. The number of amides is 1. The SMILES string of the molecule is CC/C=C\C/C=C\C/C=C\C/C=C\C/C=C\CCCCCCCCCCCCCCCCCCCCCC(=O)NC(CO)C(O)CCCCCC. The molecular formula is C47H85NO3. The Morgan fingerprint density at radius 2 is 0.863 bits per heavy atom. The topological polar surface area (TPSA) is 69.6 Å². The Balaban J connectivity index is 3.37. The Labute approximate surface area is 317 Å². The lowest BCUT2D eigenvalue weighted by Gasteiger charge is -2.22. The first-order valence-corrected chi connectivity index (χ1v) is 22.0. The van der Waals surface area contributed by atoms with Crippen LogP contribution in [0.2, 0.25) is 0 Å². The van der Waals surface area contributed by atoms with Crippen LogP contribution in [0.25, 0.3) is 0 Å². The van der Waals surface area contributed by atoms with Gasteiger partial charge in [-0.25, -0.2) is 0 Å². The van der Waals surface area contributed by atoms with Crippen molar-refractivity contribution in [1.29, 1.82) is 0 Å². The van der Waals surface area contributed by atoms with Gasteiger partial charge >= 0.3 is 0 Å². The predicted molar refractivity (Wildman–Crippen MR) is 225 cm³/mol.